The summed E-state index contributed by atoms with van der Waals surface area (Å²) in [6, 6.07) is 3.63. The molecule has 1 aromatic carbocycles. The summed E-state index contributed by atoms with van der Waals surface area (Å²) in [6.45, 7) is 4.69. The Morgan fingerprint density at radius 3 is 2.57 bits per heavy atom. The third-order valence-corrected chi connectivity index (χ3v) is 3.37. The van der Waals surface area contributed by atoms with Crippen LogP contribution in [0, 0.1) is 6.92 Å². The standard InChI is InChI=1S/C16H21N3O2/c1-3-4-5-6-9-21-14-8-7-13(15(20)12(14)2)16-18-10-17-11-19-16/h7-8,10-11,20H,3-6,9H2,1-2H3. The summed E-state index contributed by atoms with van der Waals surface area (Å²) in [5.41, 5.74) is 1.30. The van der Waals surface area contributed by atoms with Gasteiger partial charge in [-0.3, -0.25) is 0 Å². The molecule has 0 bridgehead atoms. The normalized spacial score (nSPS) is 10.6. The van der Waals surface area contributed by atoms with Crippen molar-refractivity contribution in [2.45, 2.75) is 39.5 Å². The van der Waals surface area contributed by atoms with Crippen molar-refractivity contribution in [3.63, 3.8) is 0 Å². The Morgan fingerprint density at radius 1 is 1.10 bits per heavy atom. The third kappa shape index (κ3) is 3.90. The molecule has 0 unspecified atom stereocenters. The van der Waals surface area contributed by atoms with Crippen molar-refractivity contribution in [1.29, 1.82) is 0 Å². The topological polar surface area (TPSA) is 68.1 Å². The molecule has 21 heavy (non-hydrogen) atoms. The first-order chi connectivity index (χ1) is 10.2. The predicted octanol–water partition coefficient (Wildman–Crippen LogP) is 3.51. The average molecular weight is 287 g/mol. The van der Waals surface area contributed by atoms with Gasteiger partial charge in [-0.1, -0.05) is 26.2 Å². The van der Waals surface area contributed by atoms with Gasteiger partial charge in [-0.25, -0.2) is 15.0 Å². The van der Waals surface area contributed by atoms with E-state index in [0.29, 0.717) is 29.3 Å². The van der Waals surface area contributed by atoms with Crippen LogP contribution in [-0.4, -0.2) is 26.7 Å². The van der Waals surface area contributed by atoms with Gasteiger partial charge in [0, 0.05) is 5.56 Å². The number of hydrogen-bond donors (Lipinski definition) is 1. The summed E-state index contributed by atoms with van der Waals surface area (Å²) in [5.74, 6) is 1.33. The Balaban J connectivity index is 2.07. The molecule has 2 rings (SSSR count). The van der Waals surface area contributed by atoms with E-state index < -0.39 is 0 Å². The number of nitrogens with zero attached hydrogens (tertiary/aromatic N) is 3. The van der Waals surface area contributed by atoms with Crippen LogP contribution in [0.15, 0.2) is 24.8 Å². The van der Waals surface area contributed by atoms with Gasteiger partial charge < -0.3 is 9.84 Å². The molecule has 0 saturated carbocycles. The van der Waals surface area contributed by atoms with Crippen LogP contribution in [0.25, 0.3) is 11.4 Å². The number of unbranched alkanes of at least 4 members (excludes halogenated alkanes) is 3. The first kappa shape index (κ1) is 15.2. The van der Waals surface area contributed by atoms with Crippen molar-refractivity contribution in [1.82, 2.24) is 15.0 Å². The number of phenolic OH excluding ortho intramolecular Hbond substituents is 1. The van der Waals surface area contributed by atoms with E-state index in [1.54, 1.807) is 6.07 Å². The molecule has 5 nitrogen and oxygen atoms in total. The van der Waals surface area contributed by atoms with E-state index in [0.717, 1.165) is 6.42 Å². The second kappa shape index (κ2) is 7.57. The summed E-state index contributed by atoms with van der Waals surface area (Å²) in [7, 11) is 0. The Morgan fingerprint density at radius 2 is 1.86 bits per heavy atom. The molecular weight excluding hydrogens is 266 g/mol. The van der Waals surface area contributed by atoms with Gasteiger partial charge >= 0.3 is 0 Å². The van der Waals surface area contributed by atoms with Crippen molar-refractivity contribution in [2.75, 3.05) is 6.61 Å². The summed E-state index contributed by atoms with van der Waals surface area (Å²) >= 11 is 0. The van der Waals surface area contributed by atoms with Gasteiger partial charge in [0.1, 0.15) is 24.2 Å². The summed E-state index contributed by atoms with van der Waals surface area (Å²) in [5, 5.41) is 10.3. The molecule has 112 valence electrons. The van der Waals surface area contributed by atoms with Gasteiger partial charge in [0.05, 0.1) is 12.2 Å². The maximum absolute atomic E-state index is 10.3. The molecule has 0 atom stereocenters. The highest BCUT2D eigenvalue weighted by Gasteiger charge is 2.13. The zero-order valence-electron chi connectivity index (χ0n) is 12.5. The van der Waals surface area contributed by atoms with Crippen LogP contribution in [0.4, 0.5) is 0 Å². The van der Waals surface area contributed by atoms with Gasteiger partial charge in [-0.05, 0) is 25.5 Å². The minimum absolute atomic E-state index is 0.159. The molecular formula is C16H21N3O2. The van der Waals surface area contributed by atoms with E-state index in [9.17, 15) is 5.11 Å². The fraction of sp³-hybridized carbons (Fsp3) is 0.438. The van der Waals surface area contributed by atoms with E-state index in [1.807, 2.05) is 13.0 Å². The number of phenols is 1. The van der Waals surface area contributed by atoms with Crippen molar-refractivity contribution in [3.8, 4) is 22.9 Å². The first-order valence-corrected chi connectivity index (χ1v) is 7.31. The molecule has 1 N–H and O–H groups in total. The molecule has 0 fully saturated rings. The number of aromatic nitrogens is 3. The van der Waals surface area contributed by atoms with Gasteiger partial charge in [0.15, 0.2) is 5.82 Å². The highest BCUT2D eigenvalue weighted by atomic mass is 16.5. The molecule has 0 saturated heterocycles. The molecule has 0 aliphatic heterocycles. The van der Waals surface area contributed by atoms with Gasteiger partial charge in [0.2, 0.25) is 0 Å². The monoisotopic (exact) mass is 287 g/mol. The molecule has 5 heteroatoms. The van der Waals surface area contributed by atoms with Crippen LogP contribution in [0.2, 0.25) is 0 Å². The number of benzene rings is 1. The van der Waals surface area contributed by atoms with E-state index in [-0.39, 0.29) is 5.75 Å². The fourth-order valence-electron chi connectivity index (χ4n) is 2.11. The first-order valence-electron chi connectivity index (χ1n) is 7.31. The lowest BCUT2D eigenvalue weighted by molar-refractivity contribution is 0.301. The maximum atomic E-state index is 10.3. The summed E-state index contributed by atoms with van der Waals surface area (Å²) in [6.07, 6.45) is 7.46. The molecule has 0 radical (unpaired) electrons. The zero-order valence-corrected chi connectivity index (χ0v) is 12.5. The number of aromatic hydroxyl groups is 1. The van der Waals surface area contributed by atoms with Crippen LogP contribution in [0.5, 0.6) is 11.5 Å². The van der Waals surface area contributed by atoms with Crippen LogP contribution < -0.4 is 4.74 Å². The quantitative estimate of drug-likeness (QED) is 0.789. The van der Waals surface area contributed by atoms with Gasteiger partial charge in [0.25, 0.3) is 0 Å². The molecule has 2 aromatic rings. The van der Waals surface area contributed by atoms with Gasteiger partial charge in [-0.15, -0.1) is 0 Å². The highest BCUT2D eigenvalue weighted by Crippen LogP contribution is 2.35. The molecule has 0 aliphatic carbocycles. The van der Waals surface area contributed by atoms with Crippen LogP contribution in [0.1, 0.15) is 38.2 Å². The maximum Gasteiger partial charge on any atom is 0.166 e. The lowest BCUT2D eigenvalue weighted by Gasteiger charge is -2.12. The van der Waals surface area contributed by atoms with Crippen LogP contribution in [0.3, 0.4) is 0 Å². The van der Waals surface area contributed by atoms with E-state index in [4.69, 9.17) is 4.74 Å². The Kier molecular flexibility index (Phi) is 5.49. The van der Waals surface area contributed by atoms with E-state index >= 15 is 0 Å². The second-order valence-corrected chi connectivity index (χ2v) is 4.96. The summed E-state index contributed by atoms with van der Waals surface area (Å²) < 4.78 is 5.74. The Labute approximate surface area is 125 Å². The minimum atomic E-state index is 0.159. The molecule has 0 aliphatic rings. The highest BCUT2D eigenvalue weighted by molar-refractivity contribution is 5.68. The third-order valence-electron chi connectivity index (χ3n) is 3.37. The molecule has 1 aromatic heterocycles. The minimum Gasteiger partial charge on any atom is -0.507 e. The second-order valence-electron chi connectivity index (χ2n) is 4.96. The molecule has 1 heterocycles. The number of hydrogen-bond acceptors (Lipinski definition) is 5. The average Bonchev–Trinajstić information content (AvgIpc) is 2.52. The van der Waals surface area contributed by atoms with Gasteiger partial charge in [-0.2, -0.15) is 0 Å². The van der Waals surface area contributed by atoms with E-state index in [1.165, 1.54) is 31.9 Å². The molecule has 0 spiro atoms. The SMILES string of the molecule is CCCCCCOc1ccc(-c2ncncn2)c(O)c1C. The number of rotatable bonds is 7. The number of ether oxygens (including phenoxy) is 1. The molecule has 0 amide bonds. The summed E-state index contributed by atoms with van der Waals surface area (Å²) in [4.78, 5) is 11.9. The zero-order chi connectivity index (χ0) is 15.1. The predicted molar refractivity (Wildman–Crippen MR) is 81.3 cm³/mol. The van der Waals surface area contributed by atoms with E-state index in [2.05, 4.69) is 21.9 Å². The largest absolute Gasteiger partial charge is 0.507 e. The van der Waals surface area contributed by atoms with Crippen LogP contribution >= 0.6 is 0 Å². The van der Waals surface area contributed by atoms with Crippen molar-refractivity contribution in [2.24, 2.45) is 0 Å². The fourth-order valence-corrected chi connectivity index (χ4v) is 2.11. The smallest absolute Gasteiger partial charge is 0.166 e. The van der Waals surface area contributed by atoms with Crippen molar-refractivity contribution < 1.29 is 9.84 Å². The Hall–Kier alpha value is -2.17. The van der Waals surface area contributed by atoms with Crippen LogP contribution in [-0.2, 0) is 0 Å². The van der Waals surface area contributed by atoms with Crippen molar-refractivity contribution >= 4 is 0 Å². The Bertz CT molecular complexity index is 573. The van der Waals surface area contributed by atoms with Crippen molar-refractivity contribution in [3.05, 3.63) is 30.4 Å². The lowest BCUT2D eigenvalue weighted by Crippen LogP contribution is -2.00. The lowest BCUT2D eigenvalue weighted by atomic mass is 10.1.